The van der Waals surface area contributed by atoms with Crippen molar-refractivity contribution in [2.75, 3.05) is 13.1 Å². The number of primary amides is 1. The highest BCUT2D eigenvalue weighted by molar-refractivity contribution is 7.16. The van der Waals surface area contributed by atoms with Gasteiger partial charge in [0.25, 0.3) is 12.0 Å². The second-order valence-corrected chi connectivity index (χ2v) is 10.4. The van der Waals surface area contributed by atoms with Crippen LogP contribution >= 0.6 is 11.3 Å². The number of nitrogens with zero attached hydrogens (tertiary/aromatic N) is 4. The first-order chi connectivity index (χ1) is 15.7. The minimum absolute atomic E-state index is 0.0342. The third-order valence-electron chi connectivity index (χ3n) is 7.02. The van der Waals surface area contributed by atoms with Crippen LogP contribution in [0.2, 0.25) is 0 Å². The summed E-state index contributed by atoms with van der Waals surface area (Å²) in [5.41, 5.74) is 5.17. The molecule has 33 heavy (non-hydrogen) atoms. The van der Waals surface area contributed by atoms with E-state index in [1.807, 2.05) is 28.8 Å². The Hall–Kier alpha value is -2.72. The Kier molecular flexibility index (Phi) is 6.32. The third-order valence-corrected chi connectivity index (χ3v) is 7.93. The standard InChI is InChI=1S/C22H29N5O2S.CH2O2/c1-13(2)18-24-27(19(28)17-11-14-8-10-30-20(14)26(17)18)22(3,21(23)29)15-5-4-9-25(12-15)16-6-7-16;2-1-3/h8,10-11,13,15-16H,4-7,9,12H2,1-3H3,(H2,23,29);1H,(H,2,3)/t15-,22?;/m1./s1. The summed E-state index contributed by atoms with van der Waals surface area (Å²) in [7, 11) is 0. The van der Waals surface area contributed by atoms with Crippen LogP contribution in [0.4, 0.5) is 0 Å². The van der Waals surface area contributed by atoms with E-state index in [-0.39, 0.29) is 23.9 Å². The molecule has 178 valence electrons. The first kappa shape index (κ1) is 23.4. The normalized spacial score (nSPS) is 21.0. The van der Waals surface area contributed by atoms with Gasteiger partial charge in [-0.15, -0.1) is 11.3 Å². The van der Waals surface area contributed by atoms with E-state index in [0.29, 0.717) is 11.6 Å². The van der Waals surface area contributed by atoms with Gasteiger partial charge in [-0.3, -0.25) is 18.8 Å². The van der Waals surface area contributed by atoms with Gasteiger partial charge in [-0.05, 0) is 56.7 Å². The van der Waals surface area contributed by atoms with Crippen LogP contribution in [0, 0.1) is 5.92 Å². The molecule has 3 N–H and O–H groups in total. The summed E-state index contributed by atoms with van der Waals surface area (Å²) in [4.78, 5) is 38.4. The van der Waals surface area contributed by atoms with Crippen molar-refractivity contribution in [1.29, 1.82) is 0 Å². The fraction of sp³-hybridized carbons (Fsp3) is 0.565. The van der Waals surface area contributed by atoms with E-state index >= 15 is 0 Å². The van der Waals surface area contributed by atoms with Gasteiger partial charge in [0.2, 0.25) is 5.91 Å². The highest BCUT2D eigenvalue weighted by atomic mass is 32.1. The summed E-state index contributed by atoms with van der Waals surface area (Å²) >= 11 is 1.60. The topological polar surface area (TPSA) is 123 Å². The number of likely N-dealkylation sites (tertiary alicyclic amines) is 1. The first-order valence-corrected chi connectivity index (χ1v) is 12.3. The molecule has 2 fully saturated rings. The molecule has 10 heteroatoms. The zero-order valence-electron chi connectivity index (χ0n) is 19.2. The summed E-state index contributed by atoms with van der Waals surface area (Å²) in [6, 6.07) is 4.56. The molecule has 5 rings (SSSR count). The molecule has 0 aromatic carbocycles. The predicted octanol–water partition coefficient (Wildman–Crippen LogP) is 2.61. The predicted molar refractivity (Wildman–Crippen MR) is 128 cm³/mol. The number of thiophene rings is 1. The number of carbonyl (C=O) groups excluding carboxylic acids is 1. The molecule has 2 atom stereocenters. The molecule has 3 aromatic heterocycles. The zero-order chi connectivity index (χ0) is 23.9. The van der Waals surface area contributed by atoms with Crippen molar-refractivity contribution in [2.24, 2.45) is 11.7 Å². The van der Waals surface area contributed by atoms with Gasteiger partial charge in [-0.1, -0.05) is 13.8 Å². The number of carbonyl (C=O) groups is 2. The van der Waals surface area contributed by atoms with Gasteiger partial charge in [0.1, 0.15) is 21.7 Å². The highest BCUT2D eigenvalue weighted by Gasteiger charge is 2.47. The van der Waals surface area contributed by atoms with E-state index in [1.54, 1.807) is 11.3 Å². The molecule has 1 aliphatic heterocycles. The van der Waals surface area contributed by atoms with Crippen molar-refractivity contribution < 1.29 is 14.7 Å². The molecule has 1 saturated heterocycles. The quantitative estimate of drug-likeness (QED) is 0.549. The third kappa shape index (κ3) is 3.95. The maximum Gasteiger partial charge on any atom is 0.292 e. The fourth-order valence-electron chi connectivity index (χ4n) is 5.01. The number of hydrogen-bond acceptors (Lipinski definition) is 6. The molecule has 1 unspecified atom stereocenters. The molecule has 1 amide bonds. The Bertz CT molecular complexity index is 1240. The smallest absolute Gasteiger partial charge is 0.292 e. The van der Waals surface area contributed by atoms with Crippen LogP contribution in [0.5, 0.6) is 0 Å². The van der Waals surface area contributed by atoms with Crippen LogP contribution in [0.25, 0.3) is 15.7 Å². The highest BCUT2D eigenvalue weighted by Crippen LogP contribution is 2.37. The number of nitrogens with two attached hydrogens (primary N) is 1. The van der Waals surface area contributed by atoms with Gasteiger partial charge in [-0.2, -0.15) is 5.10 Å². The van der Waals surface area contributed by atoms with E-state index < -0.39 is 11.4 Å². The second kappa shape index (κ2) is 8.90. The van der Waals surface area contributed by atoms with Crippen molar-refractivity contribution in [1.82, 2.24) is 19.1 Å². The van der Waals surface area contributed by atoms with Crippen molar-refractivity contribution in [3.05, 3.63) is 33.7 Å². The minimum atomic E-state index is -1.16. The number of fused-ring (bicyclic) bond motifs is 3. The molecule has 9 nitrogen and oxygen atoms in total. The van der Waals surface area contributed by atoms with E-state index in [9.17, 15) is 9.59 Å². The van der Waals surface area contributed by atoms with Crippen LogP contribution in [0.3, 0.4) is 0 Å². The SMILES string of the molecule is CC(C)c1nn(C(C)(C(N)=O)[C@@H]2CCCN(C3CC3)C2)c(=O)c2cc3ccsc3n12.O=CO. The van der Waals surface area contributed by atoms with Gasteiger partial charge in [0.15, 0.2) is 0 Å². The fourth-order valence-corrected chi connectivity index (χ4v) is 5.92. The van der Waals surface area contributed by atoms with Gasteiger partial charge >= 0.3 is 0 Å². The summed E-state index contributed by atoms with van der Waals surface area (Å²) in [5.74, 6) is 0.355. The van der Waals surface area contributed by atoms with Crippen LogP contribution in [0.1, 0.15) is 58.2 Å². The molecule has 0 radical (unpaired) electrons. The monoisotopic (exact) mass is 473 g/mol. The molecule has 2 aliphatic rings. The maximum atomic E-state index is 13.7. The summed E-state index contributed by atoms with van der Waals surface area (Å²) in [5, 5.41) is 14.7. The summed E-state index contributed by atoms with van der Waals surface area (Å²) in [6.45, 7) is 7.54. The molecular formula is C23H31N5O4S. The Morgan fingerprint density at radius 1 is 1.36 bits per heavy atom. The average molecular weight is 474 g/mol. The van der Waals surface area contributed by atoms with Crippen molar-refractivity contribution in [3.8, 4) is 0 Å². The van der Waals surface area contributed by atoms with Gasteiger partial charge in [-0.25, -0.2) is 4.68 Å². The first-order valence-electron chi connectivity index (χ1n) is 11.4. The Morgan fingerprint density at radius 3 is 2.67 bits per heavy atom. The lowest BCUT2D eigenvalue weighted by Gasteiger charge is -2.42. The van der Waals surface area contributed by atoms with Gasteiger partial charge in [0.05, 0.1) is 0 Å². The Morgan fingerprint density at radius 2 is 2.06 bits per heavy atom. The van der Waals surface area contributed by atoms with Crippen LogP contribution in [-0.2, 0) is 15.1 Å². The molecular weight excluding hydrogens is 442 g/mol. The number of carboxylic acid groups (broad SMARTS) is 1. The van der Waals surface area contributed by atoms with E-state index in [0.717, 1.165) is 42.0 Å². The van der Waals surface area contributed by atoms with Crippen LogP contribution in [-0.4, -0.2) is 55.7 Å². The number of aromatic nitrogens is 3. The van der Waals surface area contributed by atoms with Crippen molar-refractivity contribution >= 4 is 39.4 Å². The molecule has 0 bridgehead atoms. The van der Waals surface area contributed by atoms with Crippen molar-refractivity contribution in [3.63, 3.8) is 0 Å². The maximum absolute atomic E-state index is 13.7. The number of rotatable bonds is 5. The average Bonchev–Trinajstić information content (AvgIpc) is 3.42. The number of piperidine rings is 1. The van der Waals surface area contributed by atoms with Crippen LogP contribution < -0.4 is 11.3 Å². The molecule has 4 heterocycles. The van der Waals surface area contributed by atoms with Gasteiger partial charge in [0, 0.05) is 29.8 Å². The number of hydrogen-bond donors (Lipinski definition) is 2. The summed E-state index contributed by atoms with van der Waals surface area (Å²) in [6.07, 6.45) is 4.33. The molecule has 1 aliphatic carbocycles. The second-order valence-electron chi connectivity index (χ2n) is 9.46. The molecule has 0 spiro atoms. The summed E-state index contributed by atoms with van der Waals surface area (Å²) < 4.78 is 3.38. The minimum Gasteiger partial charge on any atom is -0.483 e. The largest absolute Gasteiger partial charge is 0.483 e. The van der Waals surface area contributed by atoms with E-state index in [4.69, 9.17) is 20.7 Å². The zero-order valence-corrected chi connectivity index (χ0v) is 20.0. The Labute approximate surface area is 195 Å². The Balaban J connectivity index is 0.000000821. The molecule has 3 aromatic rings. The molecule has 1 saturated carbocycles. The van der Waals surface area contributed by atoms with Crippen molar-refractivity contribution in [2.45, 2.75) is 64.0 Å². The van der Waals surface area contributed by atoms with Gasteiger partial charge < -0.3 is 15.7 Å². The lowest BCUT2D eigenvalue weighted by molar-refractivity contribution is -0.131. The lowest BCUT2D eigenvalue weighted by Crippen LogP contribution is -2.58. The van der Waals surface area contributed by atoms with Crippen LogP contribution in [0.15, 0.2) is 22.3 Å². The van der Waals surface area contributed by atoms with E-state index in [2.05, 4.69) is 18.7 Å². The number of amides is 1. The van der Waals surface area contributed by atoms with E-state index in [1.165, 1.54) is 17.5 Å². The lowest BCUT2D eigenvalue weighted by atomic mass is 9.79.